The summed E-state index contributed by atoms with van der Waals surface area (Å²) < 4.78 is 0.462. The second-order valence-electron chi connectivity index (χ2n) is 2.47. The number of aromatic amines is 1. The number of halogens is 2. The van der Waals surface area contributed by atoms with Gasteiger partial charge in [0, 0.05) is 0 Å². The molecule has 1 atom stereocenters. The van der Waals surface area contributed by atoms with E-state index < -0.39 is 0 Å². The van der Waals surface area contributed by atoms with Crippen LogP contribution in [0.4, 0.5) is 0 Å². The monoisotopic (exact) mass is 250 g/mol. The highest BCUT2D eigenvalue weighted by molar-refractivity contribution is 9.10. The van der Waals surface area contributed by atoms with Crippen LogP contribution in [0.1, 0.15) is 23.8 Å². The van der Waals surface area contributed by atoms with Crippen LogP contribution in [0, 0.1) is 6.92 Å². The molecule has 0 radical (unpaired) electrons. The van der Waals surface area contributed by atoms with Gasteiger partial charge in [0.15, 0.2) is 0 Å². The molecule has 0 fully saturated rings. The molecule has 1 unspecified atom stereocenters. The molecule has 0 spiro atoms. The van der Waals surface area contributed by atoms with Gasteiger partial charge >= 0.3 is 0 Å². The van der Waals surface area contributed by atoms with E-state index in [1.54, 1.807) is 13.8 Å². The fraction of sp³-hybridized carbons (Fsp3) is 0.429. The van der Waals surface area contributed by atoms with Gasteiger partial charge in [-0.3, -0.25) is 4.79 Å². The van der Waals surface area contributed by atoms with Gasteiger partial charge in [0.1, 0.15) is 10.3 Å². The Morgan fingerprint density at radius 1 is 1.67 bits per heavy atom. The SMILES string of the molecule is Cc1nc(C(C)Cl)[nH]c(=O)c1Br. The molecule has 1 aromatic rings. The van der Waals surface area contributed by atoms with Crippen LogP contribution in [0.25, 0.3) is 0 Å². The molecular weight excluding hydrogens is 243 g/mol. The fourth-order valence-corrected chi connectivity index (χ4v) is 1.07. The van der Waals surface area contributed by atoms with Crippen molar-refractivity contribution in [3.63, 3.8) is 0 Å². The van der Waals surface area contributed by atoms with Gasteiger partial charge in [-0.25, -0.2) is 4.98 Å². The average Bonchev–Trinajstić information content (AvgIpc) is 1.99. The lowest BCUT2D eigenvalue weighted by Crippen LogP contribution is -2.14. The normalized spacial score (nSPS) is 13.0. The highest BCUT2D eigenvalue weighted by Crippen LogP contribution is 2.15. The van der Waals surface area contributed by atoms with Crippen molar-refractivity contribution in [1.82, 2.24) is 9.97 Å². The minimum atomic E-state index is -0.274. The molecule has 0 aliphatic heterocycles. The lowest BCUT2D eigenvalue weighted by atomic mass is 10.4. The number of alkyl halides is 1. The number of aryl methyl sites for hydroxylation is 1. The van der Waals surface area contributed by atoms with Gasteiger partial charge in [-0.05, 0) is 29.8 Å². The van der Waals surface area contributed by atoms with Gasteiger partial charge in [-0.15, -0.1) is 11.6 Å². The summed E-state index contributed by atoms with van der Waals surface area (Å²) in [4.78, 5) is 17.8. The number of rotatable bonds is 1. The third-order valence-electron chi connectivity index (χ3n) is 1.42. The maximum absolute atomic E-state index is 11.2. The van der Waals surface area contributed by atoms with Crippen LogP contribution < -0.4 is 5.56 Å². The average molecular weight is 252 g/mol. The molecule has 1 N–H and O–H groups in total. The second kappa shape index (κ2) is 3.58. The maximum atomic E-state index is 11.2. The van der Waals surface area contributed by atoms with Crippen molar-refractivity contribution in [3.05, 3.63) is 26.3 Å². The molecule has 5 heteroatoms. The van der Waals surface area contributed by atoms with E-state index in [0.717, 1.165) is 0 Å². The summed E-state index contributed by atoms with van der Waals surface area (Å²) in [6.07, 6.45) is 0. The number of aromatic nitrogens is 2. The van der Waals surface area contributed by atoms with E-state index in [9.17, 15) is 4.79 Å². The predicted octanol–water partition coefficient (Wildman–Crippen LogP) is 2.14. The third kappa shape index (κ3) is 1.87. The highest BCUT2D eigenvalue weighted by Gasteiger charge is 2.08. The van der Waals surface area contributed by atoms with Crippen LogP contribution in [-0.4, -0.2) is 9.97 Å². The third-order valence-corrected chi connectivity index (χ3v) is 2.56. The number of nitrogens with zero attached hydrogens (tertiary/aromatic N) is 1. The van der Waals surface area contributed by atoms with E-state index in [4.69, 9.17) is 11.6 Å². The molecule has 0 amide bonds. The zero-order valence-corrected chi connectivity index (χ0v) is 9.03. The molecule has 0 aliphatic rings. The molecule has 0 saturated heterocycles. The first-order valence-corrected chi connectivity index (χ1v) is 4.65. The summed E-state index contributed by atoms with van der Waals surface area (Å²) in [5.41, 5.74) is 0.464. The van der Waals surface area contributed by atoms with E-state index in [-0.39, 0.29) is 10.9 Å². The zero-order valence-electron chi connectivity index (χ0n) is 6.69. The van der Waals surface area contributed by atoms with Gasteiger partial charge in [-0.2, -0.15) is 0 Å². The van der Waals surface area contributed by atoms with Crippen molar-refractivity contribution in [3.8, 4) is 0 Å². The van der Waals surface area contributed by atoms with Crippen molar-refractivity contribution in [2.45, 2.75) is 19.2 Å². The van der Waals surface area contributed by atoms with Gasteiger partial charge in [0.2, 0.25) is 0 Å². The van der Waals surface area contributed by atoms with Gasteiger partial charge < -0.3 is 4.98 Å². The Kier molecular flexibility index (Phi) is 2.90. The molecule has 1 heterocycles. The fourth-order valence-electron chi connectivity index (χ4n) is 0.782. The summed E-state index contributed by atoms with van der Waals surface area (Å²) in [6, 6.07) is 0. The van der Waals surface area contributed by atoms with Crippen LogP contribution in [-0.2, 0) is 0 Å². The first-order chi connectivity index (χ1) is 5.52. The van der Waals surface area contributed by atoms with Crippen molar-refractivity contribution >= 4 is 27.5 Å². The Morgan fingerprint density at radius 2 is 2.25 bits per heavy atom. The molecule has 1 rings (SSSR count). The largest absolute Gasteiger partial charge is 0.308 e. The number of hydrogen-bond donors (Lipinski definition) is 1. The van der Waals surface area contributed by atoms with E-state index in [2.05, 4.69) is 25.9 Å². The molecule has 0 aliphatic carbocycles. The highest BCUT2D eigenvalue weighted by atomic mass is 79.9. The van der Waals surface area contributed by atoms with Crippen molar-refractivity contribution in [2.75, 3.05) is 0 Å². The molecule has 1 aromatic heterocycles. The molecule has 0 saturated carbocycles. The van der Waals surface area contributed by atoms with Crippen LogP contribution in [0.15, 0.2) is 9.27 Å². The van der Waals surface area contributed by atoms with Crippen molar-refractivity contribution in [2.24, 2.45) is 0 Å². The summed E-state index contributed by atoms with van der Waals surface area (Å²) in [7, 11) is 0. The summed E-state index contributed by atoms with van der Waals surface area (Å²) in [5, 5.41) is -0.274. The quantitative estimate of drug-likeness (QED) is 0.777. The topological polar surface area (TPSA) is 45.8 Å². The smallest absolute Gasteiger partial charge is 0.265 e. The molecule has 12 heavy (non-hydrogen) atoms. The standard InChI is InChI=1S/C7H8BrClN2O/c1-3(9)6-10-4(2)5(8)7(12)11-6/h3H,1-2H3,(H,10,11,12). The molecule has 0 aromatic carbocycles. The number of hydrogen-bond acceptors (Lipinski definition) is 2. The lowest BCUT2D eigenvalue weighted by molar-refractivity contribution is 0.867. The van der Waals surface area contributed by atoms with E-state index in [1.807, 2.05) is 0 Å². The summed E-state index contributed by atoms with van der Waals surface area (Å²) in [6.45, 7) is 3.51. The van der Waals surface area contributed by atoms with Crippen LogP contribution in [0.3, 0.4) is 0 Å². The Morgan fingerprint density at radius 3 is 2.67 bits per heavy atom. The van der Waals surface area contributed by atoms with Gasteiger partial charge in [0.05, 0.1) is 11.1 Å². The Labute approximate surface area is 83.3 Å². The number of H-pyrrole nitrogens is 1. The molecular formula is C7H8BrClN2O. The molecule has 66 valence electrons. The second-order valence-corrected chi connectivity index (χ2v) is 3.91. The number of nitrogens with one attached hydrogen (secondary N) is 1. The van der Waals surface area contributed by atoms with E-state index in [1.165, 1.54) is 0 Å². The Hall–Kier alpha value is -0.350. The molecule has 3 nitrogen and oxygen atoms in total. The van der Waals surface area contributed by atoms with Crippen LogP contribution in [0.2, 0.25) is 0 Å². The van der Waals surface area contributed by atoms with Gasteiger partial charge in [-0.1, -0.05) is 0 Å². The minimum absolute atomic E-state index is 0.190. The van der Waals surface area contributed by atoms with Crippen LogP contribution in [0.5, 0.6) is 0 Å². The molecule has 0 bridgehead atoms. The first kappa shape index (κ1) is 9.74. The lowest BCUT2D eigenvalue weighted by Gasteiger charge is -2.03. The Bertz CT molecular complexity index is 348. The minimum Gasteiger partial charge on any atom is -0.308 e. The van der Waals surface area contributed by atoms with E-state index in [0.29, 0.717) is 16.0 Å². The summed E-state index contributed by atoms with van der Waals surface area (Å²) in [5.74, 6) is 0.502. The van der Waals surface area contributed by atoms with Crippen molar-refractivity contribution < 1.29 is 0 Å². The maximum Gasteiger partial charge on any atom is 0.265 e. The van der Waals surface area contributed by atoms with Crippen LogP contribution >= 0.6 is 27.5 Å². The zero-order chi connectivity index (χ0) is 9.30. The summed E-state index contributed by atoms with van der Waals surface area (Å²) >= 11 is 8.86. The predicted molar refractivity (Wildman–Crippen MR) is 51.6 cm³/mol. The van der Waals surface area contributed by atoms with Gasteiger partial charge in [0.25, 0.3) is 5.56 Å². The Balaban J connectivity index is 3.31. The first-order valence-electron chi connectivity index (χ1n) is 3.42. The van der Waals surface area contributed by atoms with E-state index >= 15 is 0 Å². The van der Waals surface area contributed by atoms with Crippen molar-refractivity contribution in [1.29, 1.82) is 0 Å².